The van der Waals surface area contributed by atoms with Crippen molar-refractivity contribution < 1.29 is 13.2 Å². The first kappa shape index (κ1) is 19.4. The smallest absolute Gasteiger partial charge is 0.285 e. The van der Waals surface area contributed by atoms with Crippen LogP contribution in [-0.4, -0.2) is 31.7 Å². The SMILES string of the molecule is C[C@H](c1ccc(F)cc1C(F)F)n1nnc2c1CCN(c1cn[nH]c(=O)c1Cl)C2. The van der Waals surface area contributed by atoms with Crippen LogP contribution >= 0.6 is 11.6 Å². The molecule has 11 heteroatoms. The fourth-order valence-electron chi connectivity index (χ4n) is 3.59. The summed E-state index contributed by atoms with van der Waals surface area (Å²) in [5, 5.41) is 14.4. The lowest BCUT2D eigenvalue weighted by Gasteiger charge is -2.29. The Hall–Kier alpha value is -2.88. The van der Waals surface area contributed by atoms with E-state index in [0.29, 0.717) is 36.5 Å². The van der Waals surface area contributed by atoms with Crippen LogP contribution in [0.15, 0.2) is 29.2 Å². The van der Waals surface area contributed by atoms with Crippen LogP contribution in [0.5, 0.6) is 0 Å². The molecule has 29 heavy (non-hydrogen) atoms. The monoisotopic (exact) mass is 424 g/mol. The summed E-state index contributed by atoms with van der Waals surface area (Å²) in [5.41, 5.74) is 1.39. The van der Waals surface area contributed by atoms with E-state index in [1.165, 1.54) is 12.3 Å². The molecule has 1 aliphatic heterocycles. The van der Waals surface area contributed by atoms with E-state index in [0.717, 1.165) is 17.8 Å². The summed E-state index contributed by atoms with van der Waals surface area (Å²) in [6.07, 6.45) is -0.820. The number of halogens is 4. The van der Waals surface area contributed by atoms with Crippen LogP contribution in [0.4, 0.5) is 18.9 Å². The molecular formula is C18H16ClF3N6O. The Morgan fingerprint density at radius 1 is 1.28 bits per heavy atom. The van der Waals surface area contributed by atoms with Crippen molar-refractivity contribution in [1.29, 1.82) is 0 Å². The first-order valence-electron chi connectivity index (χ1n) is 8.85. The Morgan fingerprint density at radius 3 is 2.83 bits per heavy atom. The minimum absolute atomic E-state index is 0.0390. The summed E-state index contributed by atoms with van der Waals surface area (Å²) in [6.45, 7) is 2.58. The number of aromatic nitrogens is 5. The highest BCUT2D eigenvalue weighted by Gasteiger charge is 2.28. The second-order valence-electron chi connectivity index (χ2n) is 6.75. The fraction of sp³-hybridized carbons (Fsp3) is 0.333. The zero-order valence-electron chi connectivity index (χ0n) is 15.2. The topological polar surface area (TPSA) is 79.7 Å². The van der Waals surface area contributed by atoms with Crippen molar-refractivity contribution in [3.8, 4) is 0 Å². The number of hydrogen-bond donors (Lipinski definition) is 1. The Balaban J connectivity index is 1.65. The van der Waals surface area contributed by atoms with Crippen molar-refractivity contribution in [3.63, 3.8) is 0 Å². The molecule has 1 N–H and O–H groups in total. The number of H-pyrrole nitrogens is 1. The molecule has 0 amide bonds. The molecule has 0 fully saturated rings. The molecule has 2 aromatic heterocycles. The van der Waals surface area contributed by atoms with Crippen LogP contribution < -0.4 is 10.5 Å². The Morgan fingerprint density at radius 2 is 2.07 bits per heavy atom. The number of aromatic amines is 1. The van der Waals surface area contributed by atoms with Crippen molar-refractivity contribution in [1.82, 2.24) is 25.2 Å². The highest BCUT2D eigenvalue weighted by molar-refractivity contribution is 6.32. The van der Waals surface area contributed by atoms with Crippen molar-refractivity contribution in [3.05, 3.63) is 68.1 Å². The predicted octanol–water partition coefficient (Wildman–Crippen LogP) is 3.26. The standard InChI is InChI=1S/C18H16ClF3N6O/c1-9(11-3-2-10(20)6-12(11)17(21)22)28-14-4-5-27(8-13(14)24-26-28)15-7-23-25-18(29)16(15)19/h2-3,6-7,9,17H,4-5,8H2,1H3,(H,25,29)/t9-/m1/s1. The Labute approximate surface area is 168 Å². The van der Waals surface area contributed by atoms with Gasteiger partial charge in [-0.25, -0.2) is 23.0 Å². The van der Waals surface area contributed by atoms with Crippen molar-refractivity contribution in [2.75, 3.05) is 11.4 Å². The van der Waals surface area contributed by atoms with Gasteiger partial charge in [0.25, 0.3) is 12.0 Å². The third kappa shape index (κ3) is 3.48. The highest BCUT2D eigenvalue weighted by atomic mass is 35.5. The minimum Gasteiger partial charge on any atom is -0.362 e. The maximum atomic E-state index is 13.4. The first-order chi connectivity index (χ1) is 13.9. The first-order valence-corrected chi connectivity index (χ1v) is 9.23. The van der Waals surface area contributed by atoms with E-state index in [2.05, 4.69) is 20.5 Å². The fourth-order valence-corrected chi connectivity index (χ4v) is 3.80. The van der Waals surface area contributed by atoms with Gasteiger partial charge < -0.3 is 4.90 Å². The van der Waals surface area contributed by atoms with Crippen molar-refractivity contribution >= 4 is 17.3 Å². The highest BCUT2D eigenvalue weighted by Crippen LogP contribution is 2.32. The quantitative estimate of drug-likeness (QED) is 0.695. The zero-order valence-corrected chi connectivity index (χ0v) is 16.0. The Kier molecular flexibility index (Phi) is 5.03. The van der Waals surface area contributed by atoms with Crippen LogP contribution in [0.1, 0.15) is 41.9 Å². The summed E-state index contributed by atoms with van der Waals surface area (Å²) >= 11 is 6.08. The molecule has 4 rings (SSSR count). The second kappa shape index (κ2) is 7.51. The second-order valence-corrected chi connectivity index (χ2v) is 7.13. The number of nitrogens with one attached hydrogen (secondary N) is 1. The number of nitrogens with zero attached hydrogens (tertiary/aromatic N) is 5. The van der Waals surface area contributed by atoms with Gasteiger partial charge in [-0.15, -0.1) is 5.10 Å². The molecule has 0 unspecified atom stereocenters. The number of alkyl halides is 2. The molecule has 3 aromatic rings. The summed E-state index contributed by atoms with van der Waals surface area (Å²) in [5.74, 6) is -0.712. The van der Waals surface area contributed by atoms with Crippen LogP contribution in [0.2, 0.25) is 5.02 Å². The van der Waals surface area contributed by atoms with E-state index in [9.17, 15) is 18.0 Å². The predicted molar refractivity (Wildman–Crippen MR) is 99.8 cm³/mol. The molecule has 0 radical (unpaired) electrons. The molecule has 0 spiro atoms. The number of benzene rings is 1. The number of fused-ring (bicyclic) bond motifs is 1. The molecule has 0 saturated heterocycles. The molecule has 0 aliphatic carbocycles. The maximum absolute atomic E-state index is 13.4. The van der Waals surface area contributed by atoms with Crippen molar-refractivity contribution in [2.45, 2.75) is 32.4 Å². The molecule has 1 atom stereocenters. The molecular weight excluding hydrogens is 409 g/mol. The van der Waals surface area contributed by atoms with Gasteiger partial charge in [0.05, 0.1) is 30.2 Å². The van der Waals surface area contributed by atoms with Crippen LogP contribution in [-0.2, 0) is 13.0 Å². The molecule has 1 aliphatic rings. The van der Waals surface area contributed by atoms with Gasteiger partial charge in [-0.05, 0) is 24.6 Å². The van der Waals surface area contributed by atoms with Crippen molar-refractivity contribution in [2.24, 2.45) is 0 Å². The summed E-state index contributed by atoms with van der Waals surface area (Å²) in [4.78, 5) is 13.6. The van der Waals surface area contributed by atoms with E-state index < -0.39 is 23.8 Å². The van der Waals surface area contributed by atoms with E-state index in [-0.39, 0.29) is 10.6 Å². The largest absolute Gasteiger partial charge is 0.362 e. The molecule has 152 valence electrons. The van der Waals surface area contributed by atoms with Gasteiger partial charge in [-0.3, -0.25) is 4.79 Å². The average molecular weight is 425 g/mol. The van der Waals surface area contributed by atoms with Gasteiger partial charge in [0.1, 0.15) is 16.5 Å². The lowest BCUT2D eigenvalue weighted by Crippen LogP contribution is -2.33. The number of anilines is 1. The normalized spacial score (nSPS) is 14.9. The zero-order chi connectivity index (χ0) is 20.7. The lowest BCUT2D eigenvalue weighted by atomic mass is 10.0. The Bertz CT molecular complexity index is 1120. The van der Waals surface area contributed by atoms with E-state index >= 15 is 0 Å². The van der Waals surface area contributed by atoms with Crippen LogP contribution in [0.25, 0.3) is 0 Å². The molecule has 7 nitrogen and oxygen atoms in total. The van der Waals surface area contributed by atoms with Gasteiger partial charge in [0.15, 0.2) is 0 Å². The summed E-state index contributed by atoms with van der Waals surface area (Å²) in [7, 11) is 0. The van der Waals surface area contributed by atoms with Crippen LogP contribution in [0, 0.1) is 5.82 Å². The van der Waals surface area contributed by atoms with Gasteiger partial charge in [-0.1, -0.05) is 22.9 Å². The van der Waals surface area contributed by atoms with Gasteiger partial charge in [-0.2, -0.15) is 5.10 Å². The number of rotatable bonds is 4. The van der Waals surface area contributed by atoms with E-state index in [1.807, 2.05) is 4.90 Å². The number of hydrogen-bond acceptors (Lipinski definition) is 5. The van der Waals surface area contributed by atoms with Gasteiger partial charge in [0.2, 0.25) is 0 Å². The summed E-state index contributed by atoms with van der Waals surface area (Å²) in [6, 6.07) is 2.81. The molecule has 3 heterocycles. The minimum atomic E-state index is -2.80. The van der Waals surface area contributed by atoms with Crippen LogP contribution in [0.3, 0.4) is 0 Å². The lowest BCUT2D eigenvalue weighted by molar-refractivity contribution is 0.149. The molecule has 0 bridgehead atoms. The average Bonchev–Trinajstić information content (AvgIpc) is 3.12. The third-order valence-electron chi connectivity index (χ3n) is 5.05. The third-order valence-corrected chi connectivity index (χ3v) is 5.41. The molecule has 0 saturated carbocycles. The summed E-state index contributed by atoms with van der Waals surface area (Å²) < 4.78 is 41.8. The van der Waals surface area contributed by atoms with Gasteiger partial charge >= 0.3 is 0 Å². The van der Waals surface area contributed by atoms with Gasteiger partial charge in [0, 0.05) is 18.5 Å². The van der Waals surface area contributed by atoms with E-state index in [1.54, 1.807) is 11.6 Å². The maximum Gasteiger partial charge on any atom is 0.285 e. The molecule has 1 aromatic carbocycles. The van der Waals surface area contributed by atoms with E-state index in [4.69, 9.17) is 11.6 Å².